The van der Waals surface area contributed by atoms with Crippen molar-refractivity contribution in [1.82, 2.24) is 4.98 Å². The predicted molar refractivity (Wildman–Crippen MR) is 42.5 cm³/mol. The number of hydrogen-bond acceptors (Lipinski definition) is 4. The third kappa shape index (κ3) is 2.40. The Kier molecular flexibility index (Phi) is 3.16. The Labute approximate surface area is 89.7 Å². The maximum Gasteiger partial charge on any atom is 0.437 e. The maximum absolute atomic E-state index is 12.3. The largest absolute Gasteiger partial charge is 0.501 e. The van der Waals surface area contributed by atoms with Crippen molar-refractivity contribution in [3.8, 4) is 5.75 Å². The van der Waals surface area contributed by atoms with Gasteiger partial charge in [0.2, 0.25) is 5.75 Å². The number of nitrogens with zero attached hydrogens (tertiary/aromatic N) is 2. The molecule has 17 heavy (non-hydrogen) atoms. The second kappa shape index (κ2) is 4.11. The summed E-state index contributed by atoms with van der Waals surface area (Å²) in [7, 11) is 0. The average molecular weight is 258 g/mol. The van der Waals surface area contributed by atoms with Gasteiger partial charge in [0.25, 0.3) is 6.43 Å². The van der Waals surface area contributed by atoms with E-state index in [0.29, 0.717) is 0 Å². The fourth-order valence-electron chi connectivity index (χ4n) is 1.06. The number of rotatable bonds is 2. The topological polar surface area (TPSA) is 76.3 Å². The summed E-state index contributed by atoms with van der Waals surface area (Å²) >= 11 is 0. The van der Waals surface area contributed by atoms with Crippen LogP contribution in [0.3, 0.4) is 0 Å². The average Bonchev–Trinajstić information content (AvgIpc) is 2.13. The van der Waals surface area contributed by atoms with Gasteiger partial charge in [-0.15, -0.1) is 0 Å². The van der Waals surface area contributed by atoms with Crippen molar-refractivity contribution >= 4 is 5.69 Å². The van der Waals surface area contributed by atoms with Gasteiger partial charge in [-0.1, -0.05) is 0 Å². The molecule has 1 N–H and O–H groups in total. The van der Waals surface area contributed by atoms with Crippen LogP contribution >= 0.6 is 0 Å². The van der Waals surface area contributed by atoms with Crippen molar-refractivity contribution in [2.45, 2.75) is 12.6 Å². The normalized spacial score (nSPS) is 11.9. The molecule has 1 heterocycles. The highest BCUT2D eigenvalue weighted by molar-refractivity contribution is 5.54. The standard InChI is InChI=1S/C7H3F5N2O3/c8-6(9)2-1-13-5(7(10,11)12)4(15)3(2)14(16)17/h1,6,15H. The van der Waals surface area contributed by atoms with Crippen LogP contribution in [0.25, 0.3) is 0 Å². The molecule has 0 saturated carbocycles. The van der Waals surface area contributed by atoms with E-state index >= 15 is 0 Å². The molecule has 5 nitrogen and oxygen atoms in total. The number of hydrogen-bond donors (Lipinski definition) is 1. The number of alkyl halides is 5. The summed E-state index contributed by atoms with van der Waals surface area (Å²) in [5, 5.41) is 19.3. The van der Waals surface area contributed by atoms with Gasteiger partial charge >= 0.3 is 11.9 Å². The van der Waals surface area contributed by atoms with Gasteiger partial charge in [-0.2, -0.15) is 13.2 Å². The first-order valence-corrected chi connectivity index (χ1v) is 3.87. The van der Waals surface area contributed by atoms with Crippen LogP contribution in [0.4, 0.5) is 27.6 Å². The van der Waals surface area contributed by atoms with Crippen molar-refractivity contribution in [3.63, 3.8) is 0 Å². The van der Waals surface area contributed by atoms with Crippen LogP contribution in [0.5, 0.6) is 5.75 Å². The van der Waals surface area contributed by atoms with Gasteiger partial charge < -0.3 is 5.11 Å². The molecule has 0 radical (unpaired) electrons. The summed E-state index contributed by atoms with van der Waals surface area (Å²) in [4.78, 5) is 11.4. The molecule has 0 bridgehead atoms. The molecule has 0 aromatic carbocycles. The first-order chi connectivity index (χ1) is 7.66. The molecular weight excluding hydrogens is 255 g/mol. The number of pyridine rings is 1. The number of aromatic nitrogens is 1. The van der Waals surface area contributed by atoms with E-state index in [1.165, 1.54) is 0 Å². The van der Waals surface area contributed by atoms with Crippen LogP contribution in [-0.4, -0.2) is 15.0 Å². The van der Waals surface area contributed by atoms with Gasteiger partial charge in [-0.3, -0.25) is 10.1 Å². The van der Waals surface area contributed by atoms with E-state index in [1.807, 2.05) is 0 Å². The zero-order valence-electron chi connectivity index (χ0n) is 7.70. The summed E-state index contributed by atoms with van der Waals surface area (Å²) in [6.45, 7) is 0. The van der Waals surface area contributed by atoms with Crippen molar-refractivity contribution < 1.29 is 32.0 Å². The smallest absolute Gasteiger partial charge is 0.437 e. The Bertz CT molecular complexity index is 460. The van der Waals surface area contributed by atoms with Gasteiger partial charge in [0.15, 0.2) is 5.69 Å². The lowest BCUT2D eigenvalue weighted by Crippen LogP contribution is -2.11. The van der Waals surface area contributed by atoms with Gasteiger partial charge in [-0.25, -0.2) is 13.8 Å². The monoisotopic (exact) mass is 258 g/mol. The van der Waals surface area contributed by atoms with E-state index in [1.54, 1.807) is 0 Å². The minimum absolute atomic E-state index is 0.0192. The van der Waals surface area contributed by atoms with E-state index < -0.39 is 40.2 Å². The van der Waals surface area contributed by atoms with Gasteiger partial charge in [0.1, 0.15) is 5.56 Å². The summed E-state index contributed by atoms with van der Waals surface area (Å²) < 4.78 is 61.1. The fraction of sp³-hybridized carbons (Fsp3) is 0.286. The lowest BCUT2D eigenvalue weighted by Gasteiger charge is -2.09. The van der Waals surface area contributed by atoms with Gasteiger partial charge in [0.05, 0.1) is 4.92 Å². The lowest BCUT2D eigenvalue weighted by molar-refractivity contribution is -0.387. The summed E-state index contributed by atoms with van der Waals surface area (Å²) in [6.07, 6.45) is -8.57. The molecule has 0 spiro atoms. The molecule has 0 aliphatic carbocycles. The molecule has 1 aromatic rings. The van der Waals surface area contributed by atoms with Gasteiger partial charge in [-0.05, 0) is 0 Å². The molecule has 94 valence electrons. The molecule has 0 unspecified atom stereocenters. The number of nitro groups is 1. The Morgan fingerprint density at radius 2 is 1.94 bits per heavy atom. The predicted octanol–water partition coefficient (Wildman–Crippen LogP) is 2.65. The maximum atomic E-state index is 12.3. The second-order valence-electron chi connectivity index (χ2n) is 2.81. The second-order valence-corrected chi connectivity index (χ2v) is 2.81. The third-order valence-electron chi connectivity index (χ3n) is 1.74. The number of aromatic hydroxyl groups is 1. The highest BCUT2D eigenvalue weighted by Crippen LogP contribution is 2.42. The Morgan fingerprint density at radius 1 is 1.41 bits per heavy atom. The van der Waals surface area contributed by atoms with Crippen molar-refractivity contribution in [2.24, 2.45) is 0 Å². The lowest BCUT2D eigenvalue weighted by atomic mass is 10.2. The first kappa shape index (κ1) is 13.1. The van der Waals surface area contributed by atoms with Crippen molar-refractivity contribution in [2.75, 3.05) is 0 Å². The molecule has 0 aliphatic heterocycles. The molecule has 0 fully saturated rings. The zero-order chi connectivity index (χ0) is 13.4. The summed E-state index contributed by atoms with van der Waals surface area (Å²) in [5.41, 5.74) is -5.04. The van der Waals surface area contributed by atoms with Crippen molar-refractivity contribution in [1.29, 1.82) is 0 Å². The molecule has 0 aliphatic rings. The zero-order valence-corrected chi connectivity index (χ0v) is 7.70. The Hall–Kier alpha value is -2.00. The Balaban J connectivity index is 3.56. The minimum Gasteiger partial charge on any atom is -0.501 e. The molecule has 0 amide bonds. The molecular formula is C7H3F5N2O3. The van der Waals surface area contributed by atoms with E-state index in [4.69, 9.17) is 5.11 Å². The molecule has 0 saturated heterocycles. The molecule has 1 aromatic heterocycles. The third-order valence-corrected chi connectivity index (χ3v) is 1.74. The SMILES string of the molecule is O=[N+]([O-])c1c(C(F)F)cnc(C(F)(F)F)c1O. The van der Waals surface area contributed by atoms with Crippen LogP contribution in [0, 0.1) is 10.1 Å². The van der Waals surface area contributed by atoms with Crippen LogP contribution < -0.4 is 0 Å². The molecule has 10 heteroatoms. The van der Waals surface area contributed by atoms with E-state index in [0.717, 1.165) is 0 Å². The van der Waals surface area contributed by atoms with Crippen LogP contribution in [0.15, 0.2) is 6.20 Å². The first-order valence-electron chi connectivity index (χ1n) is 3.87. The Morgan fingerprint density at radius 3 is 2.29 bits per heavy atom. The van der Waals surface area contributed by atoms with Crippen molar-refractivity contribution in [3.05, 3.63) is 27.6 Å². The van der Waals surface area contributed by atoms with Gasteiger partial charge in [0, 0.05) is 6.20 Å². The van der Waals surface area contributed by atoms with Crippen LogP contribution in [0.2, 0.25) is 0 Å². The van der Waals surface area contributed by atoms with E-state index in [2.05, 4.69) is 4.98 Å². The van der Waals surface area contributed by atoms with Crippen LogP contribution in [0.1, 0.15) is 17.7 Å². The highest BCUT2D eigenvalue weighted by Gasteiger charge is 2.41. The molecule has 0 atom stereocenters. The molecule has 1 rings (SSSR count). The summed E-state index contributed by atoms with van der Waals surface area (Å²) in [5.74, 6) is -1.92. The quantitative estimate of drug-likeness (QED) is 0.502. The number of halogens is 5. The summed E-state index contributed by atoms with van der Waals surface area (Å²) in [6, 6.07) is 0. The minimum atomic E-state index is -5.17. The highest BCUT2D eigenvalue weighted by atomic mass is 19.4. The van der Waals surface area contributed by atoms with E-state index in [9.17, 15) is 32.1 Å². The van der Waals surface area contributed by atoms with Crippen LogP contribution in [-0.2, 0) is 6.18 Å². The van der Waals surface area contributed by atoms with E-state index in [-0.39, 0.29) is 6.20 Å². The fourth-order valence-corrected chi connectivity index (χ4v) is 1.06.